The van der Waals surface area contributed by atoms with E-state index in [0.29, 0.717) is 5.56 Å². The first-order chi connectivity index (χ1) is 13.0. The minimum atomic E-state index is -3.70. The maximum absolute atomic E-state index is 12.6. The first-order valence-electron chi connectivity index (χ1n) is 8.70. The van der Waals surface area contributed by atoms with Gasteiger partial charge in [0.1, 0.15) is 0 Å². The molecule has 0 radical (unpaired) electrons. The number of sulfonamides is 1. The van der Waals surface area contributed by atoms with Crippen LogP contribution in [0.3, 0.4) is 0 Å². The zero-order chi connectivity index (χ0) is 19.3. The molecule has 0 spiro atoms. The second-order valence-electron chi connectivity index (χ2n) is 6.18. The Labute approximate surface area is 160 Å². The first kappa shape index (κ1) is 18.8. The highest BCUT2D eigenvalue weighted by molar-refractivity contribution is 7.89. The molecule has 3 rings (SSSR count). The van der Waals surface area contributed by atoms with E-state index in [1.165, 1.54) is 17.7 Å². The summed E-state index contributed by atoms with van der Waals surface area (Å²) in [5.74, 6) is 0. The Kier molecular flexibility index (Phi) is 5.70. The van der Waals surface area contributed by atoms with Crippen molar-refractivity contribution in [3.8, 4) is 17.2 Å². The molecule has 0 aliphatic carbocycles. The Morgan fingerprint density at radius 1 is 0.926 bits per heavy atom. The van der Waals surface area contributed by atoms with Gasteiger partial charge in [0.05, 0.1) is 16.5 Å². The third kappa shape index (κ3) is 4.43. The first-order valence-corrected chi connectivity index (χ1v) is 10.2. The molecule has 0 heterocycles. The molecule has 3 aromatic carbocycles. The number of hydrogen-bond acceptors (Lipinski definition) is 3. The second kappa shape index (κ2) is 8.17. The molecule has 27 heavy (non-hydrogen) atoms. The predicted molar refractivity (Wildman–Crippen MR) is 106 cm³/mol. The monoisotopic (exact) mass is 376 g/mol. The van der Waals surface area contributed by atoms with Gasteiger partial charge in [-0.05, 0) is 40.8 Å². The molecular formula is C22H20N2O2S. The third-order valence-corrected chi connectivity index (χ3v) is 5.80. The standard InChI is InChI=1S/C22H20N2O2S/c1-2-17-8-10-19(11-9-17)22-13-12-21(14-20(22)15-23)27(25,26)24-16-18-6-4-3-5-7-18/h3-14,24H,2,16H2,1H3. The van der Waals surface area contributed by atoms with Crippen LogP contribution in [0.2, 0.25) is 0 Å². The van der Waals surface area contributed by atoms with Crippen molar-refractivity contribution in [3.63, 3.8) is 0 Å². The number of aryl methyl sites for hydroxylation is 1. The van der Waals surface area contributed by atoms with Crippen molar-refractivity contribution in [2.24, 2.45) is 0 Å². The van der Waals surface area contributed by atoms with Crippen LogP contribution >= 0.6 is 0 Å². The highest BCUT2D eigenvalue weighted by atomic mass is 32.2. The van der Waals surface area contributed by atoms with Crippen LogP contribution in [-0.4, -0.2) is 8.42 Å². The van der Waals surface area contributed by atoms with Crippen LogP contribution in [0.4, 0.5) is 0 Å². The molecule has 0 saturated heterocycles. The average Bonchev–Trinajstić information content (AvgIpc) is 2.72. The number of nitrogens with zero attached hydrogens (tertiary/aromatic N) is 1. The molecule has 136 valence electrons. The Hall–Kier alpha value is -2.94. The number of nitrogens with one attached hydrogen (secondary N) is 1. The Morgan fingerprint density at radius 3 is 2.26 bits per heavy atom. The topological polar surface area (TPSA) is 70.0 Å². The Bertz CT molecular complexity index is 1070. The van der Waals surface area contributed by atoms with Crippen LogP contribution < -0.4 is 4.72 Å². The normalized spacial score (nSPS) is 11.1. The molecule has 0 unspecified atom stereocenters. The van der Waals surface area contributed by atoms with E-state index in [1.54, 1.807) is 6.07 Å². The highest BCUT2D eigenvalue weighted by Crippen LogP contribution is 2.26. The predicted octanol–water partition coefficient (Wildman–Crippen LogP) is 4.27. The lowest BCUT2D eigenvalue weighted by Crippen LogP contribution is -2.23. The van der Waals surface area contributed by atoms with Gasteiger partial charge >= 0.3 is 0 Å². The summed E-state index contributed by atoms with van der Waals surface area (Å²) in [6, 6.07) is 24.0. The van der Waals surface area contributed by atoms with E-state index in [-0.39, 0.29) is 11.4 Å². The molecule has 0 aliphatic heterocycles. The van der Waals surface area contributed by atoms with Crippen molar-refractivity contribution in [2.45, 2.75) is 24.8 Å². The summed E-state index contributed by atoms with van der Waals surface area (Å²) >= 11 is 0. The van der Waals surface area contributed by atoms with Crippen LogP contribution in [0.15, 0.2) is 77.7 Å². The lowest BCUT2D eigenvalue weighted by molar-refractivity contribution is 0.581. The Balaban J connectivity index is 1.87. The molecule has 0 amide bonds. The van der Waals surface area contributed by atoms with Crippen LogP contribution in [0.25, 0.3) is 11.1 Å². The van der Waals surface area contributed by atoms with E-state index in [1.807, 2.05) is 54.6 Å². The zero-order valence-corrected chi connectivity index (χ0v) is 15.8. The zero-order valence-electron chi connectivity index (χ0n) is 15.0. The van der Waals surface area contributed by atoms with Gasteiger partial charge in [0.15, 0.2) is 0 Å². The minimum Gasteiger partial charge on any atom is -0.207 e. The summed E-state index contributed by atoms with van der Waals surface area (Å²) in [5, 5.41) is 9.51. The van der Waals surface area contributed by atoms with E-state index in [9.17, 15) is 13.7 Å². The van der Waals surface area contributed by atoms with Crippen LogP contribution in [0.5, 0.6) is 0 Å². The van der Waals surface area contributed by atoms with E-state index in [2.05, 4.69) is 17.7 Å². The van der Waals surface area contributed by atoms with E-state index >= 15 is 0 Å². The molecule has 0 saturated carbocycles. The summed E-state index contributed by atoms with van der Waals surface area (Å²) in [7, 11) is -3.70. The number of rotatable bonds is 6. The highest BCUT2D eigenvalue weighted by Gasteiger charge is 2.16. The summed E-state index contributed by atoms with van der Waals surface area (Å²) in [6.45, 7) is 2.28. The summed E-state index contributed by atoms with van der Waals surface area (Å²) in [6.07, 6.45) is 0.940. The van der Waals surface area contributed by atoms with Gasteiger partial charge in [0.2, 0.25) is 10.0 Å². The summed E-state index contributed by atoms with van der Waals surface area (Å²) in [4.78, 5) is 0.0870. The van der Waals surface area contributed by atoms with Crippen molar-refractivity contribution < 1.29 is 8.42 Å². The SMILES string of the molecule is CCc1ccc(-c2ccc(S(=O)(=O)NCc3ccccc3)cc2C#N)cc1. The van der Waals surface area contributed by atoms with Crippen molar-refractivity contribution >= 4 is 10.0 Å². The number of nitriles is 1. The lowest BCUT2D eigenvalue weighted by atomic mass is 9.99. The van der Waals surface area contributed by atoms with Crippen molar-refractivity contribution in [1.29, 1.82) is 5.26 Å². The maximum atomic E-state index is 12.6. The number of hydrogen-bond donors (Lipinski definition) is 1. The van der Waals surface area contributed by atoms with Gasteiger partial charge in [-0.15, -0.1) is 0 Å². The molecule has 0 aromatic heterocycles. The smallest absolute Gasteiger partial charge is 0.207 e. The van der Waals surface area contributed by atoms with E-state index in [4.69, 9.17) is 0 Å². The van der Waals surface area contributed by atoms with Gasteiger partial charge in [0, 0.05) is 6.54 Å². The third-order valence-electron chi connectivity index (χ3n) is 4.40. The minimum absolute atomic E-state index is 0.0870. The fourth-order valence-corrected chi connectivity index (χ4v) is 3.86. The fourth-order valence-electron chi connectivity index (χ4n) is 2.81. The van der Waals surface area contributed by atoms with Gasteiger partial charge in [0.25, 0.3) is 0 Å². The van der Waals surface area contributed by atoms with Crippen LogP contribution in [0.1, 0.15) is 23.6 Å². The molecule has 0 atom stereocenters. The van der Waals surface area contributed by atoms with E-state index in [0.717, 1.165) is 23.1 Å². The molecule has 1 N–H and O–H groups in total. The van der Waals surface area contributed by atoms with Gasteiger partial charge in [-0.25, -0.2) is 13.1 Å². The lowest BCUT2D eigenvalue weighted by Gasteiger charge is -2.10. The quantitative estimate of drug-likeness (QED) is 0.698. The van der Waals surface area contributed by atoms with Gasteiger partial charge in [-0.1, -0.05) is 67.6 Å². The molecule has 3 aromatic rings. The Morgan fingerprint density at radius 2 is 1.63 bits per heavy atom. The van der Waals surface area contributed by atoms with Crippen molar-refractivity contribution in [2.75, 3.05) is 0 Å². The van der Waals surface area contributed by atoms with Crippen molar-refractivity contribution in [1.82, 2.24) is 4.72 Å². The fraction of sp³-hybridized carbons (Fsp3) is 0.136. The number of benzene rings is 3. The molecule has 5 heteroatoms. The van der Waals surface area contributed by atoms with Crippen LogP contribution in [-0.2, 0) is 23.0 Å². The maximum Gasteiger partial charge on any atom is 0.240 e. The molecule has 0 aliphatic rings. The van der Waals surface area contributed by atoms with Crippen LogP contribution in [0, 0.1) is 11.3 Å². The summed E-state index contributed by atoms with van der Waals surface area (Å²) < 4.78 is 27.7. The molecule has 0 bridgehead atoms. The van der Waals surface area contributed by atoms with Gasteiger partial charge < -0.3 is 0 Å². The molecule has 4 nitrogen and oxygen atoms in total. The van der Waals surface area contributed by atoms with Crippen molar-refractivity contribution in [3.05, 3.63) is 89.5 Å². The largest absolute Gasteiger partial charge is 0.240 e. The second-order valence-corrected chi connectivity index (χ2v) is 7.95. The van der Waals surface area contributed by atoms with E-state index < -0.39 is 10.0 Å². The van der Waals surface area contributed by atoms with Gasteiger partial charge in [-0.3, -0.25) is 0 Å². The molecule has 0 fully saturated rings. The summed E-state index contributed by atoms with van der Waals surface area (Å²) in [5.41, 5.74) is 4.03. The van der Waals surface area contributed by atoms with Gasteiger partial charge in [-0.2, -0.15) is 5.26 Å². The average molecular weight is 376 g/mol. The molecular weight excluding hydrogens is 356 g/mol.